The zero-order valence-corrected chi connectivity index (χ0v) is 11.0. The highest BCUT2D eigenvalue weighted by molar-refractivity contribution is 5.84. The minimum absolute atomic E-state index is 0.182. The second-order valence-electron chi connectivity index (χ2n) is 4.95. The summed E-state index contributed by atoms with van der Waals surface area (Å²) in [4.78, 5) is 25.1. The minimum atomic E-state index is -0.736. The second-order valence-corrected chi connectivity index (χ2v) is 4.95. The van der Waals surface area contributed by atoms with Crippen molar-refractivity contribution < 1.29 is 9.59 Å². The van der Waals surface area contributed by atoms with Gasteiger partial charge in [-0.25, -0.2) is 0 Å². The van der Waals surface area contributed by atoms with Crippen LogP contribution in [-0.2, 0) is 16.6 Å². The first-order valence-corrected chi connectivity index (χ1v) is 6.31. The molecule has 2 rings (SSSR count). The first kappa shape index (κ1) is 13.5. The van der Waals surface area contributed by atoms with Crippen molar-refractivity contribution in [3.05, 3.63) is 18.0 Å². The van der Waals surface area contributed by atoms with E-state index in [0.29, 0.717) is 18.7 Å². The molecule has 0 aromatic carbocycles. The maximum atomic E-state index is 12.3. The number of primary amides is 1. The number of likely N-dealkylation sites (tertiary alicyclic amines) is 1. The SMILES string of the molecule is Cn1cc(C(N)C(=O)N2CCCC(C(N)=O)C2)cn1. The third-order valence-corrected chi connectivity index (χ3v) is 3.49. The maximum absolute atomic E-state index is 12.3. The van der Waals surface area contributed by atoms with Gasteiger partial charge in [-0.3, -0.25) is 14.3 Å². The Bertz CT molecular complexity index is 484. The molecule has 1 aromatic rings. The largest absolute Gasteiger partial charge is 0.369 e. The van der Waals surface area contributed by atoms with Crippen molar-refractivity contribution in [2.75, 3.05) is 13.1 Å². The minimum Gasteiger partial charge on any atom is -0.369 e. The van der Waals surface area contributed by atoms with Crippen LogP contribution in [0.2, 0.25) is 0 Å². The molecule has 1 aliphatic rings. The number of aromatic nitrogens is 2. The fourth-order valence-electron chi connectivity index (χ4n) is 2.35. The molecule has 4 N–H and O–H groups in total. The summed E-state index contributed by atoms with van der Waals surface area (Å²) in [5.41, 5.74) is 11.9. The van der Waals surface area contributed by atoms with Gasteiger partial charge in [0, 0.05) is 31.9 Å². The molecule has 0 bridgehead atoms. The number of nitrogens with two attached hydrogens (primary N) is 2. The summed E-state index contributed by atoms with van der Waals surface area (Å²) in [6, 6.07) is -0.736. The lowest BCUT2D eigenvalue weighted by molar-refractivity contribution is -0.136. The van der Waals surface area contributed by atoms with Gasteiger partial charge >= 0.3 is 0 Å². The molecular formula is C12H19N5O2. The number of rotatable bonds is 3. The lowest BCUT2D eigenvalue weighted by atomic mass is 9.96. The van der Waals surface area contributed by atoms with Crippen LogP contribution < -0.4 is 11.5 Å². The fraction of sp³-hybridized carbons (Fsp3) is 0.583. The van der Waals surface area contributed by atoms with E-state index in [1.807, 2.05) is 0 Å². The van der Waals surface area contributed by atoms with Crippen molar-refractivity contribution in [3.8, 4) is 0 Å². The Morgan fingerprint density at radius 3 is 2.84 bits per heavy atom. The van der Waals surface area contributed by atoms with E-state index < -0.39 is 6.04 Å². The average Bonchev–Trinajstić information content (AvgIpc) is 2.84. The number of carbonyl (C=O) groups excluding carboxylic acids is 2. The van der Waals surface area contributed by atoms with Gasteiger partial charge in [-0.2, -0.15) is 5.10 Å². The molecule has 0 aliphatic carbocycles. The molecule has 104 valence electrons. The van der Waals surface area contributed by atoms with Crippen LogP contribution in [0.25, 0.3) is 0 Å². The van der Waals surface area contributed by atoms with Crippen LogP contribution in [0.1, 0.15) is 24.4 Å². The molecule has 7 nitrogen and oxygen atoms in total. The molecule has 2 amide bonds. The molecule has 2 unspecified atom stereocenters. The van der Waals surface area contributed by atoms with Gasteiger partial charge in [0.1, 0.15) is 6.04 Å². The van der Waals surface area contributed by atoms with E-state index in [1.165, 1.54) is 0 Å². The number of amides is 2. The van der Waals surface area contributed by atoms with Gasteiger partial charge in [0.05, 0.1) is 12.1 Å². The van der Waals surface area contributed by atoms with Crippen LogP contribution >= 0.6 is 0 Å². The Morgan fingerprint density at radius 2 is 2.26 bits per heavy atom. The zero-order valence-electron chi connectivity index (χ0n) is 11.0. The van der Waals surface area contributed by atoms with Crippen LogP contribution in [0.4, 0.5) is 0 Å². The smallest absolute Gasteiger partial charge is 0.244 e. The first-order chi connectivity index (χ1) is 8.99. The van der Waals surface area contributed by atoms with Gasteiger partial charge in [0.15, 0.2) is 0 Å². The normalized spacial score (nSPS) is 21.2. The highest BCUT2D eigenvalue weighted by atomic mass is 16.2. The number of nitrogens with zero attached hydrogens (tertiary/aromatic N) is 3. The topological polar surface area (TPSA) is 107 Å². The van der Waals surface area contributed by atoms with E-state index in [0.717, 1.165) is 12.8 Å². The Kier molecular flexibility index (Phi) is 3.84. The van der Waals surface area contributed by atoms with Crippen molar-refractivity contribution in [2.24, 2.45) is 24.4 Å². The van der Waals surface area contributed by atoms with Crippen molar-refractivity contribution in [1.82, 2.24) is 14.7 Å². The molecule has 0 saturated carbocycles. The quantitative estimate of drug-likeness (QED) is 0.741. The number of hydrogen-bond acceptors (Lipinski definition) is 4. The number of piperidine rings is 1. The molecule has 1 aromatic heterocycles. The highest BCUT2D eigenvalue weighted by Gasteiger charge is 2.30. The Hall–Kier alpha value is -1.89. The molecule has 1 aliphatic heterocycles. The van der Waals surface area contributed by atoms with Crippen LogP contribution in [0, 0.1) is 5.92 Å². The molecule has 19 heavy (non-hydrogen) atoms. The highest BCUT2D eigenvalue weighted by Crippen LogP contribution is 2.20. The van der Waals surface area contributed by atoms with E-state index in [2.05, 4.69) is 5.10 Å². The van der Waals surface area contributed by atoms with Gasteiger partial charge in [-0.1, -0.05) is 0 Å². The van der Waals surface area contributed by atoms with Gasteiger partial charge in [0.2, 0.25) is 11.8 Å². The molecule has 2 heterocycles. The second kappa shape index (κ2) is 5.40. The van der Waals surface area contributed by atoms with Gasteiger partial charge in [-0.15, -0.1) is 0 Å². The molecule has 7 heteroatoms. The van der Waals surface area contributed by atoms with Gasteiger partial charge in [-0.05, 0) is 12.8 Å². The van der Waals surface area contributed by atoms with Gasteiger partial charge < -0.3 is 16.4 Å². The van der Waals surface area contributed by atoms with Crippen molar-refractivity contribution in [1.29, 1.82) is 0 Å². The fourth-order valence-corrected chi connectivity index (χ4v) is 2.35. The molecule has 0 radical (unpaired) electrons. The Balaban J connectivity index is 2.04. The molecule has 2 atom stereocenters. The zero-order chi connectivity index (χ0) is 14.0. The summed E-state index contributed by atoms with van der Waals surface area (Å²) >= 11 is 0. The third kappa shape index (κ3) is 2.93. The summed E-state index contributed by atoms with van der Waals surface area (Å²) < 4.78 is 1.60. The molecule has 1 saturated heterocycles. The number of carbonyl (C=O) groups is 2. The van der Waals surface area contributed by atoms with E-state index in [1.54, 1.807) is 29.0 Å². The summed E-state index contributed by atoms with van der Waals surface area (Å²) in [6.07, 6.45) is 4.82. The molecular weight excluding hydrogens is 246 g/mol. The summed E-state index contributed by atoms with van der Waals surface area (Å²) in [7, 11) is 1.77. The monoisotopic (exact) mass is 265 g/mol. The number of aryl methyl sites for hydroxylation is 1. The van der Waals surface area contributed by atoms with Crippen molar-refractivity contribution in [2.45, 2.75) is 18.9 Å². The lowest BCUT2D eigenvalue weighted by Crippen LogP contribution is -2.47. The summed E-state index contributed by atoms with van der Waals surface area (Å²) in [5.74, 6) is -0.801. The maximum Gasteiger partial charge on any atom is 0.244 e. The standard InChI is InChI=1S/C12H19N5O2/c1-16-6-9(5-15-16)10(13)12(19)17-4-2-3-8(7-17)11(14)18/h5-6,8,10H,2-4,7,13H2,1H3,(H2,14,18). The van der Waals surface area contributed by atoms with Crippen LogP contribution in [0.15, 0.2) is 12.4 Å². The van der Waals surface area contributed by atoms with Gasteiger partial charge in [0.25, 0.3) is 0 Å². The lowest BCUT2D eigenvalue weighted by Gasteiger charge is -2.32. The summed E-state index contributed by atoms with van der Waals surface area (Å²) in [6.45, 7) is 0.985. The van der Waals surface area contributed by atoms with E-state index in [-0.39, 0.29) is 17.7 Å². The predicted octanol–water partition coefficient (Wildman–Crippen LogP) is -0.856. The van der Waals surface area contributed by atoms with Crippen LogP contribution in [0.5, 0.6) is 0 Å². The third-order valence-electron chi connectivity index (χ3n) is 3.49. The van der Waals surface area contributed by atoms with E-state index in [4.69, 9.17) is 11.5 Å². The Labute approximate surface area is 111 Å². The molecule has 1 fully saturated rings. The van der Waals surface area contributed by atoms with Crippen molar-refractivity contribution >= 4 is 11.8 Å². The van der Waals surface area contributed by atoms with Crippen molar-refractivity contribution in [3.63, 3.8) is 0 Å². The average molecular weight is 265 g/mol. The van der Waals surface area contributed by atoms with Crippen LogP contribution in [-0.4, -0.2) is 39.6 Å². The first-order valence-electron chi connectivity index (χ1n) is 6.31. The predicted molar refractivity (Wildman–Crippen MR) is 68.6 cm³/mol. The number of hydrogen-bond donors (Lipinski definition) is 2. The van der Waals surface area contributed by atoms with E-state index in [9.17, 15) is 9.59 Å². The van der Waals surface area contributed by atoms with Crippen LogP contribution in [0.3, 0.4) is 0 Å². The molecule has 0 spiro atoms. The Morgan fingerprint density at radius 1 is 1.53 bits per heavy atom. The van der Waals surface area contributed by atoms with E-state index >= 15 is 0 Å². The summed E-state index contributed by atoms with van der Waals surface area (Å²) in [5, 5.41) is 4.00.